The predicted molar refractivity (Wildman–Crippen MR) is 92.6 cm³/mol. The molecule has 0 aromatic heterocycles. The summed E-state index contributed by atoms with van der Waals surface area (Å²) in [6, 6.07) is 17.5. The van der Waals surface area contributed by atoms with Gasteiger partial charge in [0.15, 0.2) is 5.78 Å². The molecule has 3 nitrogen and oxygen atoms in total. The number of Topliss-reactive ketones (excluding diaryl/α,β-unsaturated/α-hetero) is 1. The van der Waals surface area contributed by atoms with Crippen LogP contribution in [0.4, 0.5) is 0 Å². The molecule has 0 aliphatic rings. The molecule has 0 radical (unpaired) electrons. The van der Waals surface area contributed by atoms with E-state index in [2.05, 4.69) is 24.4 Å². The highest BCUT2D eigenvalue weighted by atomic mass is 16.2. The molecule has 23 heavy (non-hydrogen) atoms. The quantitative estimate of drug-likeness (QED) is 0.789. The first-order chi connectivity index (χ1) is 11.1. The van der Waals surface area contributed by atoms with Crippen molar-refractivity contribution in [2.24, 2.45) is 0 Å². The predicted octanol–water partition coefficient (Wildman–Crippen LogP) is 3.88. The van der Waals surface area contributed by atoms with E-state index in [0.29, 0.717) is 12.1 Å². The van der Waals surface area contributed by atoms with E-state index in [1.807, 2.05) is 49.4 Å². The lowest BCUT2D eigenvalue weighted by Crippen LogP contribution is -2.27. The van der Waals surface area contributed by atoms with Gasteiger partial charge in [0.1, 0.15) is 0 Å². The van der Waals surface area contributed by atoms with E-state index >= 15 is 0 Å². The van der Waals surface area contributed by atoms with Gasteiger partial charge >= 0.3 is 0 Å². The molecule has 0 fully saturated rings. The van der Waals surface area contributed by atoms with Crippen molar-refractivity contribution in [1.29, 1.82) is 0 Å². The van der Waals surface area contributed by atoms with Crippen LogP contribution in [0.3, 0.4) is 0 Å². The molecule has 1 N–H and O–H groups in total. The van der Waals surface area contributed by atoms with Crippen molar-refractivity contribution in [3.8, 4) is 0 Å². The number of carbonyl (C=O) groups excluding carboxylic acids is 2. The maximum Gasteiger partial charge on any atom is 0.220 e. The first kappa shape index (κ1) is 16.9. The van der Waals surface area contributed by atoms with Crippen LogP contribution < -0.4 is 5.32 Å². The Morgan fingerprint density at radius 1 is 0.957 bits per heavy atom. The fraction of sp³-hybridized carbons (Fsp3) is 0.300. The van der Waals surface area contributed by atoms with Gasteiger partial charge in [-0.05, 0) is 18.4 Å². The van der Waals surface area contributed by atoms with Crippen LogP contribution >= 0.6 is 0 Å². The highest BCUT2D eigenvalue weighted by Crippen LogP contribution is 2.13. The van der Waals surface area contributed by atoms with Gasteiger partial charge in [0, 0.05) is 24.9 Å². The first-order valence-electron chi connectivity index (χ1n) is 7.98. The Bertz CT molecular complexity index is 647. The molecule has 0 aliphatic carbocycles. The normalized spacial score (nSPS) is 11.7. The molecule has 0 saturated heterocycles. The van der Waals surface area contributed by atoms with Gasteiger partial charge in [-0.1, -0.05) is 67.1 Å². The summed E-state index contributed by atoms with van der Waals surface area (Å²) in [6.07, 6.45) is 0.475. The van der Waals surface area contributed by atoms with Crippen LogP contribution in [0.5, 0.6) is 0 Å². The second kappa shape index (κ2) is 8.28. The molecule has 1 unspecified atom stereocenters. The minimum absolute atomic E-state index is 0.0104. The van der Waals surface area contributed by atoms with Crippen LogP contribution in [-0.2, 0) is 4.79 Å². The van der Waals surface area contributed by atoms with E-state index in [-0.39, 0.29) is 30.4 Å². The van der Waals surface area contributed by atoms with Crippen molar-refractivity contribution >= 4 is 11.7 Å². The summed E-state index contributed by atoms with van der Waals surface area (Å²) in [6.45, 7) is 4.64. The van der Waals surface area contributed by atoms with Gasteiger partial charge in [0.25, 0.3) is 0 Å². The Morgan fingerprint density at radius 2 is 1.61 bits per heavy atom. The molecule has 0 saturated carbocycles. The van der Waals surface area contributed by atoms with E-state index in [4.69, 9.17) is 0 Å². The molecule has 0 aliphatic heterocycles. The first-order valence-corrected chi connectivity index (χ1v) is 7.98. The third-order valence-electron chi connectivity index (χ3n) is 3.93. The van der Waals surface area contributed by atoms with E-state index in [1.165, 1.54) is 5.56 Å². The fourth-order valence-corrected chi connectivity index (χ4v) is 2.37. The number of aryl methyl sites for hydroxylation is 1. The zero-order valence-corrected chi connectivity index (χ0v) is 13.7. The smallest absolute Gasteiger partial charge is 0.220 e. The van der Waals surface area contributed by atoms with Gasteiger partial charge in [-0.2, -0.15) is 0 Å². The molecule has 3 heteroatoms. The van der Waals surface area contributed by atoms with Gasteiger partial charge in [0.2, 0.25) is 5.91 Å². The lowest BCUT2D eigenvalue weighted by Gasteiger charge is -2.13. The summed E-state index contributed by atoms with van der Waals surface area (Å²) < 4.78 is 0. The molecule has 2 rings (SSSR count). The summed E-state index contributed by atoms with van der Waals surface area (Å²) in [4.78, 5) is 23.9. The standard InChI is InChI=1S/C20H23NO2/c1-15-8-10-18(11-9-15)19(22)12-13-20(23)21-14-16(2)17-6-4-3-5-7-17/h3-11,16H,12-14H2,1-2H3,(H,21,23). The number of ketones is 1. The minimum Gasteiger partial charge on any atom is -0.355 e. The number of hydrogen-bond donors (Lipinski definition) is 1. The molecule has 1 amide bonds. The van der Waals surface area contributed by atoms with E-state index in [0.717, 1.165) is 5.56 Å². The van der Waals surface area contributed by atoms with Gasteiger partial charge in [0.05, 0.1) is 0 Å². The molecule has 0 spiro atoms. The van der Waals surface area contributed by atoms with Crippen LogP contribution in [0, 0.1) is 6.92 Å². The number of nitrogens with one attached hydrogen (secondary N) is 1. The lowest BCUT2D eigenvalue weighted by atomic mass is 10.0. The number of carbonyl (C=O) groups is 2. The van der Waals surface area contributed by atoms with Crippen molar-refractivity contribution in [3.05, 3.63) is 71.3 Å². The van der Waals surface area contributed by atoms with E-state index < -0.39 is 0 Å². The average molecular weight is 309 g/mol. The van der Waals surface area contributed by atoms with Crippen LogP contribution in [0.25, 0.3) is 0 Å². The summed E-state index contributed by atoms with van der Waals surface area (Å²) in [5.74, 6) is 0.192. The molecule has 2 aromatic carbocycles. The van der Waals surface area contributed by atoms with Crippen molar-refractivity contribution in [2.75, 3.05) is 6.54 Å². The van der Waals surface area contributed by atoms with Crippen LogP contribution in [-0.4, -0.2) is 18.2 Å². The summed E-state index contributed by atoms with van der Waals surface area (Å²) >= 11 is 0. The zero-order chi connectivity index (χ0) is 16.7. The molecular formula is C20H23NO2. The highest BCUT2D eigenvalue weighted by molar-refractivity contribution is 5.97. The van der Waals surface area contributed by atoms with Gasteiger partial charge < -0.3 is 5.32 Å². The van der Waals surface area contributed by atoms with E-state index in [9.17, 15) is 9.59 Å². The SMILES string of the molecule is Cc1ccc(C(=O)CCC(=O)NCC(C)c2ccccc2)cc1. The fourth-order valence-electron chi connectivity index (χ4n) is 2.37. The largest absolute Gasteiger partial charge is 0.355 e. The maximum absolute atomic E-state index is 12.0. The monoisotopic (exact) mass is 309 g/mol. The second-order valence-corrected chi connectivity index (χ2v) is 5.91. The summed E-state index contributed by atoms with van der Waals surface area (Å²) in [7, 11) is 0. The average Bonchev–Trinajstić information content (AvgIpc) is 2.59. The number of hydrogen-bond acceptors (Lipinski definition) is 2. The summed E-state index contributed by atoms with van der Waals surface area (Å²) in [5.41, 5.74) is 2.98. The molecule has 120 valence electrons. The lowest BCUT2D eigenvalue weighted by molar-refractivity contribution is -0.121. The Hall–Kier alpha value is -2.42. The maximum atomic E-state index is 12.0. The zero-order valence-electron chi connectivity index (χ0n) is 13.7. The Morgan fingerprint density at radius 3 is 2.26 bits per heavy atom. The van der Waals surface area contributed by atoms with E-state index in [1.54, 1.807) is 0 Å². The highest BCUT2D eigenvalue weighted by Gasteiger charge is 2.11. The van der Waals surface area contributed by atoms with Crippen LogP contribution in [0.15, 0.2) is 54.6 Å². The molecule has 0 heterocycles. The third-order valence-corrected chi connectivity index (χ3v) is 3.93. The van der Waals surface area contributed by atoms with Gasteiger partial charge in [-0.3, -0.25) is 9.59 Å². The second-order valence-electron chi connectivity index (χ2n) is 5.91. The number of rotatable bonds is 7. The molecule has 2 aromatic rings. The number of amides is 1. The molecular weight excluding hydrogens is 286 g/mol. The van der Waals surface area contributed by atoms with Gasteiger partial charge in [-0.15, -0.1) is 0 Å². The van der Waals surface area contributed by atoms with Crippen molar-refractivity contribution in [2.45, 2.75) is 32.6 Å². The Labute approximate surface area is 137 Å². The number of benzene rings is 2. The van der Waals surface area contributed by atoms with Crippen LogP contribution in [0.1, 0.15) is 47.2 Å². The molecule has 0 bridgehead atoms. The van der Waals surface area contributed by atoms with Crippen LogP contribution in [0.2, 0.25) is 0 Å². The molecule has 1 atom stereocenters. The van der Waals surface area contributed by atoms with Crippen molar-refractivity contribution in [3.63, 3.8) is 0 Å². The Kier molecular flexibility index (Phi) is 6.10. The van der Waals surface area contributed by atoms with Gasteiger partial charge in [-0.25, -0.2) is 0 Å². The topological polar surface area (TPSA) is 46.2 Å². The minimum atomic E-state index is -0.0757. The summed E-state index contributed by atoms with van der Waals surface area (Å²) in [5, 5.41) is 2.91. The van der Waals surface area contributed by atoms with Crippen molar-refractivity contribution < 1.29 is 9.59 Å². The van der Waals surface area contributed by atoms with Crippen molar-refractivity contribution in [1.82, 2.24) is 5.32 Å². The third kappa shape index (κ3) is 5.37. The Balaban J connectivity index is 1.75.